The Balaban J connectivity index is 2.28. The number of benzene rings is 2. The Kier molecular flexibility index (Phi) is 4.52. The summed E-state index contributed by atoms with van der Waals surface area (Å²) in [5.74, 6) is 0. The van der Waals surface area contributed by atoms with Crippen LogP contribution in [0.3, 0.4) is 0 Å². The van der Waals surface area contributed by atoms with E-state index in [0.29, 0.717) is 17.4 Å². The number of hydrogen-bond acceptors (Lipinski definition) is 3. The second-order valence-electron chi connectivity index (χ2n) is 6.15. The number of rotatable bonds is 2. The van der Waals surface area contributed by atoms with Crippen LogP contribution >= 0.6 is 11.8 Å². The summed E-state index contributed by atoms with van der Waals surface area (Å²) in [5.41, 5.74) is -0.767. The van der Waals surface area contributed by atoms with Gasteiger partial charge in [-0.2, -0.15) is 13.2 Å². The number of halogens is 3. The van der Waals surface area contributed by atoms with Crippen LogP contribution in [0.4, 0.5) is 23.7 Å². The molecule has 0 aliphatic carbocycles. The largest absolute Gasteiger partial charge is 0.435 e. The molecular weight excluding hydrogens is 361 g/mol. The van der Waals surface area contributed by atoms with Gasteiger partial charge in [0.15, 0.2) is 0 Å². The molecule has 1 fully saturated rings. The molecule has 0 radical (unpaired) electrons. The van der Waals surface area contributed by atoms with E-state index in [1.54, 1.807) is 43.3 Å². The fourth-order valence-corrected chi connectivity index (χ4v) is 3.70. The standard InChI is InChI=1S/C19H17F3N2OS/c1-12-4-8-15(9-5-12)18(19(20,21)22)23-17(25)26-14(3)24(18)16-10-6-13(2)7-11-16/h4-11H,3H2,1-2H3,(H,23,25)/t18-/m1/s1. The minimum atomic E-state index is -4.78. The molecule has 136 valence electrons. The molecule has 26 heavy (non-hydrogen) atoms. The molecule has 0 unspecified atom stereocenters. The van der Waals surface area contributed by atoms with Crippen LogP contribution in [0, 0.1) is 13.8 Å². The van der Waals surface area contributed by atoms with Crippen molar-refractivity contribution in [1.82, 2.24) is 5.32 Å². The molecule has 1 aliphatic heterocycles. The Hall–Kier alpha value is -2.41. The molecule has 7 heteroatoms. The zero-order valence-electron chi connectivity index (χ0n) is 14.2. The number of nitrogens with one attached hydrogen (secondary N) is 1. The van der Waals surface area contributed by atoms with Crippen molar-refractivity contribution in [3.63, 3.8) is 0 Å². The molecule has 0 saturated carbocycles. The Morgan fingerprint density at radius 1 is 1.00 bits per heavy atom. The fraction of sp³-hybridized carbons (Fsp3) is 0.211. The van der Waals surface area contributed by atoms with Crippen LogP contribution in [0.2, 0.25) is 0 Å². The van der Waals surface area contributed by atoms with Gasteiger partial charge in [0.2, 0.25) is 5.66 Å². The Morgan fingerprint density at radius 2 is 1.50 bits per heavy atom. The van der Waals surface area contributed by atoms with Gasteiger partial charge < -0.3 is 10.2 Å². The lowest BCUT2D eigenvalue weighted by Gasteiger charge is -2.49. The molecular formula is C19H17F3N2OS. The first-order chi connectivity index (χ1) is 12.1. The highest BCUT2D eigenvalue weighted by molar-refractivity contribution is 8.17. The van der Waals surface area contributed by atoms with Crippen molar-refractivity contribution >= 4 is 22.7 Å². The second kappa shape index (κ2) is 6.39. The molecule has 3 nitrogen and oxygen atoms in total. The summed E-state index contributed by atoms with van der Waals surface area (Å²) in [6.45, 7) is 7.36. The summed E-state index contributed by atoms with van der Waals surface area (Å²) < 4.78 is 43.3. The van der Waals surface area contributed by atoms with Gasteiger partial charge in [0.1, 0.15) is 0 Å². The number of alkyl halides is 3. The highest BCUT2D eigenvalue weighted by atomic mass is 32.2. The number of thioether (sulfide) groups is 1. The van der Waals surface area contributed by atoms with Crippen molar-refractivity contribution in [2.24, 2.45) is 0 Å². The molecule has 1 amide bonds. The molecule has 1 aliphatic rings. The van der Waals surface area contributed by atoms with Crippen LogP contribution in [0.5, 0.6) is 0 Å². The lowest BCUT2D eigenvalue weighted by atomic mass is 9.94. The van der Waals surface area contributed by atoms with E-state index in [1.165, 1.54) is 12.1 Å². The highest BCUT2D eigenvalue weighted by Gasteiger charge is 2.64. The van der Waals surface area contributed by atoms with Crippen molar-refractivity contribution < 1.29 is 18.0 Å². The fourth-order valence-electron chi connectivity index (χ4n) is 2.96. The molecule has 1 N–H and O–H groups in total. The third kappa shape index (κ3) is 2.96. The maximum absolute atomic E-state index is 14.4. The van der Waals surface area contributed by atoms with E-state index in [1.807, 2.05) is 6.92 Å². The minimum Gasteiger partial charge on any atom is -0.312 e. The van der Waals surface area contributed by atoms with E-state index >= 15 is 0 Å². The number of hydrogen-bond donors (Lipinski definition) is 1. The van der Waals surface area contributed by atoms with Crippen LogP contribution in [0.15, 0.2) is 60.1 Å². The van der Waals surface area contributed by atoms with E-state index in [4.69, 9.17) is 0 Å². The molecule has 3 rings (SSSR count). The lowest BCUT2D eigenvalue weighted by Crippen LogP contribution is -2.67. The van der Waals surface area contributed by atoms with Gasteiger partial charge in [0, 0.05) is 11.3 Å². The van der Waals surface area contributed by atoms with Gasteiger partial charge in [-0.3, -0.25) is 4.79 Å². The van der Waals surface area contributed by atoms with Gasteiger partial charge in [0.25, 0.3) is 5.24 Å². The topological polar surface area (TPSA) is 32.3 Å². The van der Waals surface area contributed by atoms with Gasteiger partial charge in [-0.15, -0.1) is 0 Å². The number of nitrogens with zero attached hydrogens (tertiary/aromatic N) is 1. The zero-order valence-corrected chi connectivity index (χ0v) is 15.0. The molecule has 0 aromatic heterocycles. The van der Waals surface area contributed by atoms with Gasteiger partial charge in [-0.1, -0.05) is 54.1 Å². The van der Waals surface area contributed by atoms with E-state index in [-0.39, 0.29) is 10.6 Å². The van der Waals surface area contributed by atoms with Crippen molar-refractivity contribution in [1.29, 1.82) is 0 Å². The Labute approximate surface area is 153 Å². The lowest BCUT2D eigenvalue weighted by molar-refractivity contribution is -0.195. The highest BCUT2D eigenvalue weighted by Crippen LogP contribution is 2.50. The van der Waals surface area contributed by atoms with Crippen molar-refractivity contribution in [3.05, 3.63) is 76.8 Å². The molecule has 0 bridgehead atoms. The molecule has 2 aromatic rings. The SMILES string of the molecule is C=C1SC(=O)N[C@@](c2ccc(C)cc2)(C(F)(F)F)N1c1ccc(C)cc1. The predicted octanol–water partition coefficient (Wildman–Crippen LogP) is 5.45. The first-order valence-electron chi connectivity index (χ1n) is 7.85. The molecule has 1 saturated heterocycles. The summed E-state index contributed by atoms with van der Waals surface area (Å²) >= 11 is 0.646. The van der Waals surface area contributed by atoms with Crippen molar-refractivity contribution in [2.45, 2.75) is 25.7 Å². The van der Waals surface area contributed by atoms with E-state index in [0.717, 1.165) is 16.0 Å². The maximum atomic E-state index is 14.4. The van der Waals surface area contributed by atoms with E-state index < -0.39 is 17.1 Å². The smallest absolute Gasteiger partial charge is 0.312 e. The van der Waals surface area contributed by atoms with Crippen LogP contribution in [0.1, 0.15) is 16.7 Å². The van der Waals surface area contributed by atoms with Gasteiger partial charge >= 0.3 is 6.18 Å². The normalized spacial score (nSPS) is 20.9. The van der Waals surface area contributed by atoms with Crippen LogP contribution < -0.4 is 10.2 Å². The van der Waals surface area contributed by atoms with Gasteiger partial charge in [-0.25, -0.2) is 0 Å². The van der Waals surface area contributed by atoms with Crippen LogP contribution in [-0.4, -0.2) is 11.4 Å². The van der Waals surface area contributed by atoms with Crippen molar-refractivity contribution in [3.8, 4) is 0 Å². The van der Waals surface area contributed by atoms with E-state index in [2.05, 4.69) is 11.9 Å². The first-order valence-corrected chi connectivity index (χ1v) is 8.66. The summed E-state index contributed by atoms with van der Waals surface area (Å²) in [7, 11) is 0. The minimum absolute atomic E-state index is 0.00973. The molecule has 1 atom stereocenters. The van der Waals surface area contributed by atoms with Gasteiger partial charge in [0.05, 0.1) is 5.03 Å². The average molecular weight is 378 g/mol. The Bertz CT molecular complexity index is 847. The molecule has 1 heterocycles. The van der Waals surface area contributed by atoms with Gasteiger partial charge in [-0.05, 0) is 37.7 Å². The average Bonchev–Trinajstić information content (AvgIpc) is 2.55. The zero-order chi connectivity index (χ0) is 19.1. The third-order valence-electron chi connectivity index (χ3n) is 4.25. The number of carbonyl (C=O) groups is 1. The van der Waals surface area contributed by atoms with Crippen molar-refractivity contribution in [2.75, 3.05) is 4.90 Å². The van der Waals surface area contributed by atoms with E-state index in [9.17, 15) is 18.0 Å². The third-order valence-corrected chi connectivity index (χ3v) is 4.96. The second-order valence-corrected chi connectivity index (χ2v) is 7.20. The summed E-state index contributed by atoms with van der Waals surface area (Å²) in [5, 5.41) is 1.38. The molecule has 0 spiro atoms. The monoisotopic (exact) mass is 378 g/mol. The number of amides is 1. The number of anilines is 1. The number of carbonyl (C=O) groups excluding carboxylic acids is 1. The molecule has 2 aromatic carbocycles. The Morgan fingerprint density at radius 3 is 2.00 bits per heavy atom. The predicted molar refractivity (Wildman–Crippen MR) is 97.8 cm³/mol. The summed E-state index contributed by atoms with van der Waals surface area (Å²) in [6, 6.07) is 12.6. The quantitative estimate of drug-likeness (QED) is 0.754. The van der Waals surface area contributed by atoms with Crippen LogP contribution in [0.25, 0.3) is 0 Å². The number of aryl methyl sites for hydroxylation is 2. The summed E-state index contributed by atoms with van der Waals surface area (Å²) in [6.07, 6.45) is -4.78. The van der Waals surface area contributed by atoms with Crippen LogP contribution in [-0.2, 0) is 5.66 Å². The maximum Gasteiger partial charge on any atom is 0.435 e. The first kappa shape index (κ1) is 18.4. The summed E-state index contributed by atoms with van der Waals surface area (Å²) in [4.78, 5) is 13.1.